The highest BCUT2D eigenvalue weighted by atomic mass is 16.6. The summed E-state index contributed by atoms with van der Waals surface area (Å²) >= 11 is 0. The Morgan fingerprint density at radius 2 is 1.21 bits per heavy atom. The molecule has 0 atom stereocenters. The normalized spacial score (nSPS) is 10.8. The minimum Gasteiger partial charge on any atom is -0.507 e. The number of ether oxygens (including phenoxy) is 5. The molecule has 0 heterocycles. The lowest BCUT2D eigenvalue weighted by molar-refractivity contribution is -0.145. The molecule has 0 unspecified atom stereocenters. The number of hydrogen-bond donors (Lipinski definition) is 1. The van der Waals surface area contributed by atoms with Crippen LogP contribution in [0.5, 0.6) is 23.0 Å². The van der Waals surface area contributed by atoms with Gasteiger partial charge in [0, 0.05) is 24.3 Å². The van der Waals surface area contributed by atoms with Crippen molar-refractivity contribution in [1.82, 2.24) is 0 Å². The summed E-state index contributed by atoms with van der Waals surface area (Å²) in [5.41, 5.74) is 2.28. The van der Waals surface area contributed by atoms with Crippen molar-refractivity contribution in [3.8, 4) is 23.0 Å². The molecule has 0 saturated carbocycles. The van der Waals surface area contributed by atoms with Gasteiger partial charge in [-0.25, -0.2) is 4.79 Å². The van der Waals surface area contributed by atoms with E-state index in [4.69, 9.17) is 23.7 Å². The SMILES string of the molecule is CCCc1c(OCCCCOCCCCOc2c(C(C)=O)ccc(OCC(=O)OCC)c2CCC)ccc(C(C)=O)c1O. The Hall–Kier alpha value is -3.59. The van der Waals surface area contributed by atoms with Gasteiger partial charge in [0.1, 0.15) is 23.0 Å². The van der Waals surface area contributed by atoms with Crippen LogP contribution < -0.4 is 14.2 Å². The number of Topliss-reactive ketones (excluding diaryl/α,β-unsaturated/α-hetero) is 2. The first kappa shape index (κ1) is 35.6. The summed E-state index contributed by atoms with van der Waals surface area (Å²) in [6.07, 6.45) is 6.12. The van der Waals surface area contributed by atoms with Gasteiger partial charge in [0.05, 0.1) is 30.9 Å². The lowest BCUT2D eigenvalue weighted by Gasteiger charge is -2.18. The third kappa shape index (κ3) is 11.5. The molecule has 0 spiro atoms. The molecule has 9 nitrogen and oxygen atoms in total. The van der Waals surface area contributed by atoms with Crippen LogP contribution in [-0.4, -0.2) is 62.3 Å². The fraction of sp³-hybridized carbons (Fsp3) is 0.559. The monoisotopic (exact) mass is 600 g/mol. The molecule has 0 amide bonds. The predicted octanol–water partition coefficient (Wildman–Crippen LogP) is 6.68. The van der Waals surface area contributed by atoms with Crippen molar-refractivity contribution in [3.63, 3.8) is 0 Å². The Balaban J connectivity index is 1.76. The molecule has 0 radical (unpaired) electrons. The number of unbranched alkanes of at least 4 members (excludes halogenated alkanes) is 2. The lowest BCUT2D eigenvalue weighted by Crippen LogP contribution is -2.16. The predicted molar refractivity (Wildman–Crippen MR) is 165 cm³/mol. The number of carbonyl (C=O) groups is 3. The van der Waals surface area contributed by atoms with E-state index in [9.17, 15) is 19.5 Å². The highest BCUT2D eigenvalue weighted by Crippen LogP contribution is 2.35. The quantitative estimate of drug-likeness (QED) is 0.0897. The summed E-state index contributed by atoms with van der Waals surface area (Å²) in [5.74, 6) is 0.973. The lowest BCUT2D eigenvalue weighted by atomic mass is 10.0. The largest absolute Gasteiger partial charge is 0.507 e. The number of aromatic hydroxyl groups is 1. The maximum Gasteiger partial charge on any atom is 0.344 e. The molecule has 0 saturated heterocycles. The zero-order valence-corrected chi connectivity index (χ0v) is 26.4. The molecule has 0 aliphatic heterocycles. The zero-order valence-electron chi connectivity index (χ0n) is 26.4. The van der Waals surface area contributed by atoms with Gasteiger partial charge in [0.2, 0.25) is 0 Å². The summed E-state index contributed by atoms with van der Waals surface area (Å²) < 4.78 is 28.5. The maximum atomic E-state index is 12.3. The van der Waals surface area contributed by atoms with Gasteiger partial charge in [-0.1, -0.05) is 26.7 Å². The summed E-state index contributed by atoms with van der Waals surface area (Å²) in [6, 6.07) is 6.77. The van der Waals surface area contributed by atoms with Crippen molar-refractivity contribution in [2.24, 2.45) is 0 Å². The van der Waals surface area contributed by atoms with Gasteiger partial charge >= 0.3 is 5.97 Å². The number of rotatable bonds is 22. The van der Waals surface area contributed by atoms with Crippen LogP contribution in [0.25, 0.3) is 0 Å². The van der Waals surface area contributed by atoms with Crippen molar-refractivity contribution in [3.05, 3.63) is 46.5 Å². The smallest absolute Gasteiger partial charge is 0.344 e. The van der Waals surface area contributed by atoms with E-state index >= 15 is 0 Å². The number of esters is 1. The molecule has 0 aliphatic carbocycles. The average Bonchev–Trinajstić information content (AvgIpc) is 2.97. The van der Waals surface area contributed by atoms with Crippen LogP contribution in [0.4, 0.5) is 0 Å². The molecule has 43 heavy (non-hydrogen) atoms. The van der Waals surface area contributed by atoms with Crippen molar-refractivity contribution >= 4 is 17.5 Å². The summed E-state index contributed by atoms with van der Waals surface area (Å²) in [6.45, 7) is 10.9. The Kier molecular flexibility index (Phi) is 16.2. The fourth-order valence-corrected chi connectivity index (χ4v) is 4.61. The standard InChI is InChI=1S/C34H48O9/c1-6-13-28-30(17-15-26(24(4)35)33(28)38)41-21-11-9-19-39-20-10-12-22-42-34-27(25(5)36)16-18-31(29(34)14-7-2)43-23-32(37)40-8-3/h15-18,38H,6-14,19-23H2,1-5H3. The second kappa shape index (κ2) is 19.6. The van der Waals surface area contributed by atoms with Crippen molar-refractivity contribution in [2.75, 3.05) is 39.6 Å². The van der Waals surface area contributed by atoms with Crippen LogP contribution in [0, 0.1) is 0 Å². The zero-order chi connectivity index (χ0) is 31.6. The van der Waals surface area contributed by atoms with E-state index < -0.39 is 5.97 Å². The van der Waals surface area contributed by atoms with Crippen LogP contribution in [0.2, 0.25) is 0 Å². The molecule has 0 bridgehead atoms. The van der Waals surface area contributed by atoms with E-state index in [0.29, 0.717) is 73.2 Å². The third-order valence-electron chi connectivity index (χ3n) is 6.74. The van der Waals surface area contributed by atoms with Crippen molar-refractivity contribution < 1.29 is 43.2 Å². The van der Waals surface area contributed by atoms with Gasteiger partial charge in [-0.2, -0.15) is 0 Å². The molecule has 2 rings (SSSR count). The molecule has 2 aromatic rings. The molecule has 0 aliphatic rings. The molecular weight excluding hydrogens is 552 g/mol. The molecular formula is C34H48O9. The Morgan fingerprint density at radius 3 is 1.79 bits per heavy atom. The Bertz CT molecular complexity index is 1190. The van der Waals surface area contributed by atoms with E-state index in [1.165, 1.54) is 13.8 Å². The van der Waals surface area contributed by atoms with Crippen molar-refractivity contribution in [2.45, 2.75) is 86.0 Å². The van der Waals surface area contributed by atoms with Gasteiger partial charge in [0.25, 0.3) is 0 Å². The van der Waals surface area contributed by atoms with Crippen LogP contribution in [0.1, 0.15) is 105 Å². The molecule has 2 aromatic carbocycles. The molecule has 9 heteroatoms. The number of hydrogen-bond acceptors (Lipinski definition) is 9. The van der Waals surface area contributed by atoms with Crippen molar-refractivity contribution in [1.29, 1.82) is 0 Å². The minimum absolute atomic E-state index is 0.0216. The van der Waals surface area contributed by atoms with E-state index in [0.717, 1.165) is 44.1 Å². The Morgan fingerprint density at radius 1 is 0.674 bits per heavy atom. The molecule has 0 fully saturated rings. The van der Waals surface area contributed by atoms with E-state index in [1.807, 2.05) is 13.8 Å². The van der Waals surface area contributed by atoms with Gasteiger partial charge in [-0.3, -0.25) is 9.59 Å². The van der Waals surface area contributed by atoms with Crippen LogP contribution >= 0.6 is 0 Å². The van der Waals surface area contributed by atoms with Crippen LogP contribution in [0.15, 0.2) is 24.3 Å². The van der Waals surface area contributed by atoms with E-state index in [-0.39, 0.29) is 30.5 Å². The maximum absolute atomic E-state index is 12.3. The minimum atomic E-state index is -0.447. The molecule has 1 N–H and O–H groups in total. The summed E-state index contributed by atoms with van der Waals surface area (Å²) in [4.78, 5) is 35.8. The topological polar surface area (TPSA) is 118 Å². The van der Waals surface area contributed by atoms with Gasteiger partial charge in [0.15, 0.2) is 18.2 Å². The van der Waals surface area contributed by atoms with Gasteiger partial charge in [-0.05, 0) is 83.6 Å². The van der Waals surface area contributed by atoms with E-state index in [2.05, 4.69) is 0 Å². The number of phenols is 1. The average molecular weight is 601 g/mol. The number of carbonyl (C=O) groups excluding carboxylic acids is 3. The third-order valence-corrected chi connectivity index (χ3v) is 6.74. The van der Waals surface area contributed by atoms with Gasteiger partial charge in [-0.15, -0.1) is 0 Å². The first-order chi connectivity index (χ1) is 20.7. The first-order valence-corrected chi connectivity index (χ1v) is 15.4. The Labute approximate surface area is 255 Å². The second-order valence-corrected chi connectivity index (χ2v) is 10.3. The van der Waals surface area contributed by atoms with Crippen LogP contribution in [-0.2, 0) is 27.1 Å². The number of ketones is 2. The van der Waals surface area contributed by atoms with Gasteiger partial charge < -0.3 is 28.8 Å². The van der Waals surface area contributed by atoms with E-state index in [1.54, 1.807) is 31.2 Å². The van der Waals surface area contributed by atoms with Crippen LogP contribution in [0.3, 0.4) is 0 Å². The second-order valence-electron chi connectivity index (χ2n) is 10.3. The molecule has 238 valence electrons. The summed E-state index contributed by atoms with van der Waals surface area (Å²) in [5, 5.41) is 10.5. The fourth-order valence-electron chi connectivity index (χ4n) is 4.61. The highest BCUT2D eigenvalue weighted by Gasteiger charge is 2.19. The number of benzene rings is 2. The molecule has 0 aromatic heterocycles. The highest BCUT2D eigenvalue weighted by molar-refractivity contribution is 5.98. The summed E-state index contributed by atoms with van der Waals surface area (Å²) in [7, 11) is 0. The number of phenolic OH excluding ortho intramolecular Hbond substituents is 1. The first-order valence-electron chi connectivity index (χ1n) is 15.4.